The fourth-order valence-electron chi connectivity index (χ4n) is 3.68. The molecule has 0 bridgehead atoms. The molecule has 1 aliphatic heterocycles. The van der Waals surface area contributed by atoms with Gasteiger partial charge in [0.25, 0.3) is 0 Å². The molecule has 2 rings (SSSR count). The van der Waals surface area contributed by atoms with Crippen molar-refractivity contribution >= 4 is 11.8 Å². The molecule has 1 aliphatic carbocycles. The van der Waals surface area contributed by atoms with E-state index in [0.29, 0.717) is 37.7 Å². The van der Waals surface area contributed by atoms with Crippen LogP contribution in [-0.4, -0.2) is 41.3 Å². The number of methoxy groups -OCH3 is 1. The number of ketones is 1. The molecule has 0 radical (unpaired) electrons. The van der Waals surface area contributed by atoms with Crippen LogP contribution in [-0.2, 0) is 19.1 Å². The highest BCUT2D eigenvalue weighted by atomic mass is 16.6. The molecule has 0 aromatic heterocycles. The number of Topliss-reactive ketones (excluding diaryl/α,β-unsaturated/α-hetero) is 1. The number of esters is 1. The zero-order valence-corrected chi connectivity index (χ0v) is 16.5. The first-order valence-electron chi connectivity index (χ1n) is 9.45. The van der Waals surface area contributed by atoms with Crippen LogP contribution < -0.4 is 0 Å². The second-order valence-electron chi connectivity index (χ2n) is 8.19. The van der Waals surface area contributed by atoms with Crippen molar-refractivity contribution in [1.29, 1.82) is 0 Å². The van der Waals surface area contributed by atoms with E-state index in [9.17, 15) is 14.7 Å². The highest BCUT2D eigenvalue weighted by Gasteiger charge is 2.52. The van der Waals surface area contributed by atoms with E-state index in [-0.39, 0.29) is 23.4 Å². The number of rotatable bonds is 2. The molecule has 146 valence electrons. The molecule has 1 N–H and O–H groups in total. The summed E-state index contributed by atoms with van der Waals surface area (Å²) in [6.07, 6.45) is 6.45. The van der Waals surface area contributed by atoms with Gasteiger partial charge in [-0.1, -0.05) is 18.2 Å². The lowest BCUT2D eigenvalue weighted by atomic mass is 9.82. The predicted octanol–water partition coefficient (Wildman–Crippen LogP) is 3.50. The van der Waals surface area contributed by atoms with E-state index in [2.05, 4.69) is 19.6 Å². The summed E-state index contributed by atoms with van der Waals surface area (Å²) >= 11 is 0. The summed E-state index contributed by atoms with van der Waals surface area (Å²) in [7, 11) is 1.34. The zero-order chi connectivity index (χ0) is 19.5. The van der Waals surface area contributed by atoms with Gasteiger partial charge in [-0.3, -0.25) is 4.79 Å². The number of aliphatic hydroxyl groups is 1. The van der Waals surface area contributed by atoms with Gasteiger partial charge >= 0.3 is 5.97 Å². The predicted molar refractivity (Wildman–Crippen MR) is 99.6 cm³/mol. The molecule has 1 saturated heterocycles. The van der Waals surface area contributed by atoms with Crippen molar-refractivity contribution in [3.63, 3.8) is 0 Å². The topological polar surface area (TPSA) is 76.1 Å². The second kappa shape index (κ2) is 8.05. The first-order valence-corrected chi connectivity index (χ1v) is 9.45. The highest BCUT2D eigenvalue weighted by molar-refractivity contribution is 5.88. The molecule has 1 heterocycles. The first-order chi connectivity index (χ1) is 12.1. The standard InChI is InChI=1S/C21H32O5/c1-14-7-6-11-21(4)18(26-21)13-16(15(2)19(23)25-5)10-12-20(3,24)17(22)9-8-14/h7,16,18,24H,2,6,8-13H2,1,3-5H3/b14-7+/t16-,18-,20-,21-/m0/s1. The molecule has 0 amide bonds. The van der Waals surface area contributed by atoms with Gasteiger partial charge in [0, 0.05) is 12.0 Å². The Balaban J connectivity index is 2.19. The van der Waals surface area contributed by atoms with E-state index in [1.807, 2.05) is 6.92 Å². The first kappa shape index (κ1) is 20.8. The summed E-state index contributed by atoms with van der Waals surface area (Å²) in [5.41, 5.74) is -0.0129. The van der Waals surface area contributed by atoms with E-state index in [0.717, 1.165) is 12.8 Å². The third-order valence-electron chi connectivity index (χ3n) is 5.93. The number of ether oxygens (including phenoxy) is 2. The van der Waals surface area contributed by atoms with Crippen LogP contribution in [0.25, 0.3) is 0 Å². The Hall–Kier alpha value is -1.46. The van der Waals surface area contributed by atoms with Crippen LogP contribution in [0.2, 0.25) is 0 Å². The molecule has 26 heavy (non-hydrogen) atoms. The van der Waals surface area contributed by atoms with Crippen LogP contribution >= 0.6 is 0 Å². The van der Waals surface area contributed by atoms with Gasteiger partial charge in [-0.2, -0.15) is 0 Å². The van der Waals surface area contributed by atoms with Gasteiger partial charge in [0.05, 0.1) is 18.8 Å². The zero-order valence-electron chi connectivity index (χ0n) is 16.5. The molecular weight excluding hydrogens is 332 g/mol. The molecule has 5 nitrogen and oxygen atoms in total. The SMILES string of the molecule is C=C(C(=O)OC)[C@H]1CC[C@](C)(O)C(=O)CC/C(C)=C/CC[C@]2(C)O[C@H]2C1. The number of hydrogen-bond acceptors (Lipinski definition) is 5. The Morgan fingerprint density at radius 2 is 2.04 bits per heavy atom. The maximum atomic E-state index is 12.4. The molecule has 0 spiro atoms. The summed E-state index contributed by atoms with van der Waals surface area (Å²) in [6, 6.07) is 0. The van der Waals surface area contributed by atoms with Gasteiger partial charge < -0.3 is 14.6 Å². The van der Waals surface area contributed by atoms with Crippen LogP contribution in [0.3, 0.4) is 0 Å². The van der Waals surface area contributed by atoms with E-state index in [1.54, 1.807) is 6.92 Å². The lowest BCUT2D eigenvalue weighted by Crippen LogP contribution is -2.36. The number of epoxide rings is 1. The van der Waals surface area contributed by atoms with E-state index in [1.165, 1.54) is 12.7 Å². The number of hydrogen-bond donors (Lipinski definition) is 1. The molecule has 0 unspecified atom stereocenters. The fraction of sp³-hybridized carbons (Fsp3) is 0.714. The average molecular weight is 364 g/mol. The van der Waals surface area contributed by atoms with Gasteiger partial charge in [-0.15, -0.1) is 0 Å². The van der Waals surface area contributed by atoms with Gasteiger partial charge in [0.15, 0.2) is 5.78 Å². The number of carbonyl (C=O) groups excluding carboxylic acids is 2. The van der Waals surface area contributed by atoms with Crippen LogP contribution in [0.4, 0.5) is 0 Å². The summed E-state index contributed by atoms with van der Waals surface area (Å²) in [6.45, 7) is 9.59. The van der Waals surface area contributed by atoms with Crippen LogP contribution in [0, 0.1) is 5.92 Å². The molecule has 0 aromatic carbocycles. The van der Waals surface area contributed by atoms with Gasteiger partial charge in [-0.05, 0) is 65.2 Å². The van der Waals surface area contributed by atoms with Crippen molar-refractivity contribution in [1.82, 2.24) is 0 Å². The monoisotopic (exact) mass is 364 g/mol. The average Bonchev–Trinajstić information content (AvgIpc) is 3.23. The molecule has 5 heteroatoms. The van der Waals surface area contributed by atoms with Gasteiger partial charge in [0.2, 0.25) is 0 Å². The Morgan fingerprint density at radius 3 is 2.69 bits per heavy atom. The van der Waals surface area contributed by atoms with Crippen molar-refractivity contribution in [2.75, 3.05) is 7.11 Å². The smallest absolute Gasteiger partial charge is 0.333 e. The van der Waals surface area contributed by atoms with E-state index < -0.39 is 11.6 Å². The molecular formula is C21H32O5. The van der Waals surface area contributed by atoms with Crippen LogP contribution in [0.1, 0.15) is 65.7 Å². The normalized spacial score (nSPS) is 38.3. The van der Waals surface area contributed by atoms with E-state index in [4.69, 9.17) is 9.47 Å². The minimum Gasteiger partial charge on any atom is -0.466 e. The molecule has 0 saturated carbocycles. The molecule has 4 atom stereocenters. The van der Waals surface area contributed by atoms with Crippen molar-refractivity contribution in [3.05, 3.63) is 23.8 Å². The third kappa shape index (κ3) is 5.04. The summed E-state index contributed by atoms with van der Waals surface area (Å²) in [5, 5.41) is 10.6. The lowest BCUT2D eigenvalue weighted by molar-refractivity contribution is -0.137. The molecule has 2 aliphatic rings. The molecule has 0 aromatic rings. The van der Waals surface area contributed by atoms with E-state index >= 15 is 0 Å². The summed E-state index contributed by atoms with van der Waals surface area (Å²) in [4.78, 5) is 24.4. The van der Waals surface area contributed by atoms with Crippen molar-refractivity contribution in [2.24, 2.45) is 5.92 Å². The quantitative estimate of drug-likeness (QED) is 0.351. The summed E-state index contributed by atoms with van der Waals surface area (Å²) < 4.78 is 10.7. The van der Waals surface area contributed by atoms with Crippen LogP contribution in [0.5, 0.6) is 0 Å². The van der Waals surface area contributed by atoms with Crippen molar-refractivity contribution < 1.29 is 24.2 Å². The Bertz CT molecular complexity index is 604. The third-order valence-corrected chi connectivity index (χ3v) is 5.93. The number of carbonyl (C=O) groups is 2. The number of allylic oxidation sites excluding steroid dienone is 2. The largest absolute Gasteiger partial charge is 0.466 e. The Labute approximate surface area is 156 Å². The Morgan fingerprint density at radius 1 is 1.35 bits per heavy atom. The summed E-state index contributed by atoms with van der Waals surface area (Å²) in [5.74, 6) is -0.769. The van der Waals surface area contributed by atoms with Crippen LogP contribution in [0.15, 0.2) is 23.8 Å². The maximum Gasteiger partial charge on any atom is 0.333 e. The van der Waals surface area contributed by atoms with Gasteiger partial charge in [0.1, 0.15) is 5.60 Å². The minimum atomic E-state index is -1.40. The lowest BCUT2D eigenvalue weighted by Gasteiger charge is -2.26. The molecule has 1 fully saturated rings. The van der Waals surface area contributed by atoms with Crippen molar-refractivity contribution in [2.45, 2.75) is 83.0 Å². The number of fused-ring (bicyclic) bond motifs is 1. The Kier molecular flexibility index (Phi) is 6.46. The van der Waals surface area contributed by atoms with Crippen molar-refractivity contribution in [3.8, 4) is 0 Å². The second-order valence-corrected chi connectivity index (χ2v) is 8.19. The minimum absolute atomic E-state index is 0.0613. The van der Waals surface area contributed by atoms with Gasteiger partial charge in [-0.25, -0.2) is 4.79 Å². The maximum absolute atomic E-state index is 12.4. The highest BCUT2D eigenvalue weighted by Crippen LogP contribution is 2.46. The fourth-order valence-corrected chi connectivity index (χ4v) is 3.68.